The van der Waals surface area contributed by atoms with Gasteiger partial charge in [-0.1, -0.05) is 56.7 Å². The number of ether oxygens (including phenoxy) is 1. The van der Waals surface area contributed by atoms with Gasteiger partial charge in [-0.25, -0.2) is 4.98 Å². The molecule has 1 N–H and O–H groups in total. The lowest BCUT2D eigenvalue weighted by atomic mass is 10.0. The van der Waals surface area contributed by atoms with E-state index in [1.807, 2.05) is 12.3 Å². The van der Waals surface area contributed by atoms with Crippen LogP contribution < -0.4 is 5.56 Å². The second kappa shape index (κ2) is 9.36. The van der Waals surface area contributed by atoms with Crippen molar-refractivity contribution in [3.63, 3.8) is 0 Å². The minimum atomic E-state index is -1.11. The number of hydrogen-bond acceptors (Lipinski definition) is 3. The highest BCUT2D eigenvalue weighted by Crippen LogP contribution is 2.35. The summed E-state index contributed by atoms with van der Waals surface area (Å²) in [5, 5.41) is 0. The minimum absolute atomic E-state index is 0.0867. The van der Waals surface area contributed by atoms with E-state index < -0.39 is 8.07 Å². The summed E-state index contributed by atoms with van der Waals surface area (Å²) in [6.45, 7) is 8.50. The lowest BCUT2D eigenvalue weighted by molar-refractivity contribution is 0.0854. The van der Waals surface area contributed by atoms with Crippen molar-refractivity contribution < 1.29 is 4.74 Å². The minimum Gasteiger partial charge on any atom is -0.361 e. The molecule has 1 saturated carbocycles. The third-order valence-electron chi connectivity index (χ3n) is 6.11. The SMILES string of the molecule is C[Si](C)(C)CCOCn1c(-c2ccc(-c3cc[nH]c(=O)c3)cc2)cnc1C1CCCC1. The Labute approximate surface area is 185 Å². The Hall–Kier alpha value is -2.44. The molecule has 1 aromatic carbocycles. The van der Waals surface area contributed by atoms with Gasteiger partial charge < -0.3 is 14.3 Å². The van der Waals surface area contributed by atoms with Crippen LogP contribution in [-0.2, 0) is 11.5 Å². The van der Waals surface area contributed by atoms with Crippen LogP contribution in [-0.4, -0.2) is 29.2 Å². The predicted molar refractivity (Wildman–Crippen MR) is 129 cm³/mol. The average Bonchev–Trinajstić information content (AvgIpc) is 3.40. The van der Waals surface area contributed by atoms with Crippen molar-refractivity contribution in [1.82, 2.24) is 14.5 Å². The van der Waals surface area contributed by atoms with E-state index in [2.05, 4.69) is 53.5 Å². The average molecular weight is 436 g/mol. The number of pyridine rings is 1. The highest BCUT2D eigenvalue weighted by molar-refractivity contribution is 6.76. The van der Waals surface area contributed by atoms with E-state index in [0.29, 0.717) is 12.6 Å². The Morgan fingerprint density at radius 2 is 1.77 bits per heavy atom. The zero-order chi connectivity index (χ0) is 21.8. The summed E-state index contributed by atoms with van der Waals surface area (Å²) in [4.78, 5) is 19.1. The molecule has 164 valence electrons. The van der Waals surface area contributed by atoms with Crippen LogP contribution in [0, 0.1) is 0 Å². The highest BCUT2D eigenvalue weighted by atomic mass is 28.3. The van der Waals surface area contributed by atoms with Gasteiger partial charge in [0.25, 0.3) is 0 Å². The van der Waals surface area contributed by atoms with Crippen molar-refractivity contribution >= 4 is 8.07 Å². The van der Waals surface area contributed by atoms with Crippen molar-refractivity contribution in [2.24, 2.45) is 0 Å². The number of nitrogens with zero attached hydrogens (tertiary/aromatic N) is 2. The first-order chi connectivity index (χ1) is 14.9. The summed E-state index contributed by atoms with van der Waals surface area (Å²) in [7, 11) is -1.11. The van der Waals surface area contributed by atoms with Crippen LogP contribution in [0.1, 0.15) is 37.4 Å². The normalized spacial score (nSPS) is 14.9. The van der Waals surface area contributed by atoms with E-state index in [0.717, 1.165) is 29.0 Å². The quantitative estimate of drug-likeness (QED) is 0.355. The molecule has 1 aliphatic rings. The molecular formula is C25H33N3O2Si. The molecule has 0 atom stereocenters. The molecule has 2 aromatic heterocycles. The molecule has 5 nitrogen and oxygen atoms in total. The van der Waals surface area contributed by atoms with Crippen LogP contribution in [0.15, 0.2) is 53.6 Å². The van der Waals surface area contributed by atoms with Crippen LogP contribution in [0.2, 0.25) is 25.7 Å². The number of rotatable bonds is 8. The standard InChI is InChI=1S/C25H33N3O2Si/c1-31(2,3)15-14-30-18-28-23(17-27-25(28)21-6-4-5-7-21)20-10-8-19(9-11-20)22-12-13-26-24(29)16-22/h8-13,16-17,21H,4-7,14-15,18H2,1-3H3,(H,26,29). The molecule has 0 bridgehead atoms. The van der Waals surface area contributed by atoms with E-state index in [1.165, 1.54) is 37.6 Å². The molecule has 6 heteroatoms. The van der Waals surface area contributed by atoms with Crippen LogP contribution in [0.4, 0.5) is 0 Å². The topological polar surface area (TPSA) is 59.9 Å². The van der Waals surface area contributed by atoms with Crippen molar-refractivity contribution in [1.29, 1.82) is 0 Å². The van der Waals surface area contributed by atoms with Crippen LogP contribution in [0.25, 0.3) is 22.4 Å². The first-order valence-corrected chi connectivity index (χ1v) is 15.0. The summed E-state index contributed by atoms with van der Waals surface area (Å²) < 4.78 is 8.42. The number of nitrogens with one attached hydrogen (secondary N) is 1. The smallest absolute Gasteiger partial charge is 0.248 e. The van der Waals surface area contributed by atoms with Crippen LogP contribution in [0.3, 0.4) is 0 Å². The summed E-state index contributed by atoms with van der Waals surface area (Å²) in [6.07, 6.45) is 8.69. The second-order valence-corrected chi connectivity index (χ2v) is 15.4. The van der Waals surface area contributed by atoms with Gasteiger partial charge in [-0.05, 0) is 41.6 Å². The zero-order valence-electron chi connectivity index (χ0n) is 18.9. The van der Waals surface area contributed by atoms with Crippen molar-refractivity contribution in [3.8, 4) is 22.4 Å². The predicted octanol–water partition coefficient (Wildman–Crippen LogP) is 5.88. The monoisotopic (exact) mass is 435 g/mol. The number of aromatic nitrogens is 3. The first kappa shape index (κ1) is 21.8. The fraction of sp³-hybridized carbons (Fsp3) is 0.440. The molecule has 0 amide bonds. The number of benzene rings is 1. The maximum Gasteiger partial charge on any atom is 0.248 e. The van der Waals surface area contributed by atoms with E-state index in [1.54, 1.807) is 12.3 Å². The number of H-pyrrole nitrogens is 1. The third kappa shape index (κ3) is 5.43. The second-order valence-electron chi connectivity index (χ2n) is 9.78. The first-order valence-electron chi connectivity index (χ1n) is 11.3. The molecule has 0 unspecified atom stereocenters. The summed E-state index contributed by atoms with van der Waals surface area (Å²) in [6, 6.07) is 13.1. The van der Waals surface area contributed by atoms with Gasteiger partial charge >= 0.3 is 0 Å². The van der Waals surface area contributed by atoms with Crippen molar-refractivity contribution in [2.45, 2.75) is 64.0 Å². The van der Waals surface area contributed by atoms with E-state index in [9.17, 15) is 4.79 Å². The summed E-state index contributed by atoms with van der Waals surface area (Å²) >= 11 is 0. The molecule has 31 heavy (non-hydrogen) atoms. The molecule has 2 heterocycles. The van der Waals surface area contributed by atoms with Gasteiger partial charge in [-0.15, -0.1) is 0 Å². The van der Waals surface area contributed by atoms with Crippen LogP contribution in [0.5, 0.6) is 0 Å². The van der Waals surface area contributed by atoms with Gasteiger partial charge in [-0.2, -0.15) is 0 Å². The van der Waals surface area contributed by atoms with Gasteiger partial charge in [0.15, 0.2) is 0 Å². The lowest BCUT2D eigenvalue weighted by Crippen LogP contribution is -2.22. The van der Waals surface area contributed by atoms with Gasteiger partial charge in [0.1, 0.15) is 12.6 Å². The molecule has 3 aromatic rings. The maximum atomic E-state index is 11.6. The Kier molecular flexibility index (Phi) is 6.58. The molecular weight excluding hydrogens is 402 g/mol. The Balaban J connectivity index is 1.58. The van der Waals surface area contributed by atoms with Gasteiger partial charge in [0, 0.05) is 32.9 Å². The molecule has 0 saturated heterocycles. The largest absolute Gasteiger partial charge is 0.361 e. The van der Waals surface area contributed by atoms with Crippen LogP contribution >= 0.6 is 0 Å². The number of hydrogen-bond donors (Lipinski definition) is 1. The van der Waals surface area contributed by atoms with E-state index >= 15 is 0 Å². The number of aromatic amines is 1. The Morgan fingerprint density at radius 1 is 1.06 bits per heavy atom. The molecule has 1 aliphatic carbocycles. The summed E-state index contributed by atoms with van der Waals surface area (Å²) in [5.41, 5.74) is 4.09. The third-order valence-corrected chi connectivity index (χ3v) is 7.82. The number of imidazole rings is 1. The van der Waals surface area contributed by atoms with Gasteiger partial charge in [0.2, 0.25) is 5.56 Å². The van der Waals surface area contributed by atoms with Crippen molar-refractivity contribution in [3.05, 3.63) is 65.0 Å². The molecule has 1 fully saturated rings. The molecule has 0 radical (unpaired) electrons. The fourth-order valence-corrected chi connectivity index (χ4v) is 5.01. The fourth-order valence-electron chi connectivity index (χ4n) is 4.26. The molecule has 4 rings (SSSR count). The molecule has 0 aliphatic heterocycles. The van der Waals surface area contributed by atoms with E-state index in [4.69, 9.17) is 9.72 Å². The summed E-state index contributed by atoms with van der Waals surface area (Å²) in [5.74, 6) is 1.70. The highest BCUT2D eigenvalue weighted by Gasteiger charge is 2.24. The van der Waals surface area contributed by atoms with Gasteiger partial charge in [-0.3, -0.25) is 4.79 Å². The Bertz CT molecular complexity index is 1060. The van der Waals surface area contributed by atoms with Gasteiger partial charge in [0.05, 0.1) is 11.9 Å². The maximum absolute atomic E-state index is 11.6. The lowest BCUT2D eigenvalue weighted by Gasteiger charge is -2.19. The van der Waals surface area contributed by atoms with Crippen molar-refractivity contribution in [2.75, 3.05) is 6.61 Å². The Morgan fingerprint density at radius 3 is 2.45 bits per heavy atom. The molecule has 0 spiro atoms. The van der Waals surface area contributed by atoms with E-state index in [-0.39, 0.29) is 5.56 Å². The zero-order valence-corrected chi connectivity index (χ0v) is 19.9.